The molecule has 70 valence electrons. The Morgan fingerprint density at radius 2 is 2.17 bits per heavy atom. The van der Waals surface area contributed by atoms with E-state index in [4.69, 9.17) is 16.9 Å². The molecule has 2 nitrogen and oxygen atoms in total. The molecule has 0 saturated carbocycles. The van der Waals surface area contributed by atoms with Crippen LogP contribution in [0.15, 0.2) is 0 Å². The van der Waals surface area contributed by atoms with Gasteiger partial charge in [0, 0.05) is 19.6 Å². The monoisotopic (exact) mass is 169 g/mol. The fraction of sp³-hybridized carbons (Fsp3) is 0.800. The first kappa shape index (κ1) is 11.5. The number of ether oxygens (including phenoxy) is 1. The first-order chi connectivity index (χ1) is 5.52. The molecule has 2 N–H and O–H groups in total. The van der Waals surface area contributed by atoms with Crippen LogP contribution in [0.25, 0.3) is 0 Å². The van der Waals surface area contributed by atoms with Crippen molar-refractivity contribution < 1.29 is 4.74 Å². The maximum Gasteiger partial charge on any atom is 0.0637 e. The largest absolute Gasteiger partial charge is 0.379 e. The number of nitrogens with two attached hydrogens (primary N) is 1. The fourth-order valence-electron chi connectivity index (χ4n) is 1.09. The van der Waals surface area contributed by atoms with E-state index < -0.39 is 0 Å². The Bertz CT molecular complexity index is 158. The Morgan fingerprint density at radius 3 is 2.58 bits per heavy atom. The van der Waals surface area contributed by atoms with Crippen molar-refractivity contribution >= 4 is 0 Å². The van der Waals surface area contributed by atoms with E-state index in [2.05, 4.69) is 5.92 Å². The van der Waals surface area contributed by atoms with Crippen LogP contribution in [0.1, 0.15) is 33.1 Å². The van der Waals surface area contributed by atoms with E-state index in [0.717, 1.165) is 19.3 Å². The zero-order valence-corrected chi connectivity index (χ0v) is 8.26. The van der Waals surface area contributed by atoms with E-state index in [0.29, 0.717) is 0 Å². The van der Waals surface area contributed by atoms with Crippen molar-refractivity contribution in [3.8, 4) is 12.3 Å². The molecule has 0 heterocycles. The molecule has 0 aromatic carbocycles. The first-order valence-corrected chi connectivity index (χ1v) is 4.26. The second-order valence-electron chi connectivity index (χ2n) is 3.67. The molecule has 0 bridgehead atoms. The molecule has 0 radical (unpaired) electrons. The minimum atomic E-state index is -0.131. The molecule has 0 rings (SSSR count). The van der Waals surface area contributed by atoms with Gasteiger partial charge in [0.1, 0.15) is 0 Å². The van der Waals surface area contributed by atoms with Crippen molar-refractivity contribution in [3.63, 3.8) is 0 Å². The Labute approximate surface area is 75.5 Å². The smallest absolute Gasteiger partial charge is 0.0637 e. The van der Waals surface area contributed by atoms with Gasteiger partial charge in [0.25, 0.3) is 0 Å². The maximum absolute atomic E-state index is 5.85. The average molecular weight is 169 g/mol. The third kappa shape index (κ3) is 5.17. The van der Waals surface area contributed by atoms with Crippen molar-refractivity contribution in [2.45, 2.75) is 44.8 Å². The van der Waals surface area contributed by atoms with Crippen molar-refractivity contribution in [2.75, 3.05) is 7.11 Å². The molecule has 0 aromatic rings. The van der Waals surface area contributed by atoms with Gasteiger partial charge in [-0.1, -0.05) is 0 Å². The zero-order valence-electron chi connectivity index (χ0n) is 8.26. The predicted molar refractivity (Wildman–Crippen MR) is 51.7 cm³/mol. The third-order valence-corrected chi connectivity index (χ3v) is 1.97. The highest BCUT2D eigenvalue weighted by molar-refractivity contribution is 4.86. The van der Waals surface area contributed by atoms with E-state index in [1.807, 2.05) is 13.8 Å². The predicted octanol–water partition coefficient (Wildman–Crippen LogP) is 1.54. The Balaban J connectivity index is 3.69. The molecule has 1 atom stereocenters. The Hall–Kier alpha value is -0.520. The van der Waals surface area contributed by atoms with E-state index in [1.165, 1.54) is 0 Å². The van der Waals surface area contributed by atoms with Gasteiger partial charge in [-0.3, -0.25) is 0 Å². The molecule has 12 heavy (non-hydrogen) atoms. The van der Waals surface area contributed by atoms with Crippen LogP contribution < -0.4 is 5.73 Å². The summed E-state index contributed by atoms with van der Waals surface area (Å²) >= 11 is 0. The van der Waals surface area contributed by atoms with Gasteiger partial charge in [0.05, 0.1) is 5.60 Å². The van der Waals surface area contributed by atoms with E-state index >= 15 is 0 Å². The summed E-state index contributed by atoms with van der Waals surface area (Å²) in [6.07, 6.45) is 7.62. The Morgan fingerprint density at radius 1 is 1.58 bits per heavy atom. The van der Waals surface area contributed by atoms with E-state index in [9.17, 15) is 0 Å². The summed E-state index contributed by atoms with van der Waals surface area (Å²) in [6.45, 7) is 4.06. The lowest BCUT2D eigenvalue weighted by atomic mass is 9.96. The summed E-state index contributed by atoms with van der Waals surface area (Å²) in [5, 5.41) is 0. The van der Waals surface area contributed by atoms with Crippen LogP contribution in [0.3, 0.4) is 0 Å². The minimum absolute atomic E-state index is 0.131. The lowest BCUT2D eigenvalue weighted by molar-refractivity contribution is 0.00968. The lowest BCUT2D eigenvalue weighted by Gasteiger charge is -2.26. The topological polar surface area (TPSA) is 35.2 Å². The standard InChI is InChI=1S/C10H19NO/c1-5-6-7-9(11)8-10(2,3)12-4/h1,9H,6-8,11H2,2-4H3. The van der Waals surface area contributed by atoms with Crippen LogP contribution in [0.5, 0.6) is 0 Å². The molecule has 0 fully saturated rings. The van der Waals surface area contributed by atoms with Crippen molar-refractivity contribution in [2.24, 2.45) is 5.73 Å². The SMILES string of the molecule is C#CCCC(N)CC(C)(C)OC. The number of terminal acetylenes is 1. The van der Waals surface area contributed by atoms with Crippen molar-refractivity contribution in [3.05, 3.63) is 0 Å². The number of methoxy groups -OCH3 is 1. The van der Waals surface area contributed by atoms with E-state index in [1.54, 1.807) is 7.11 Å². The summed E-state index contributed by atoms with van der Waals surface area (Å²) in [5.41, 5.74) is 5.71. The number of hydrogen-bond donors (Lipinski definition) is 1. The average Bonchev–Trinajstić information content (AvgIpc) is 2.00. The van der Waals surface area contributed by atoms with Gasteiger partial charge in [0.2, 0.25) is 0 Å². The second-order valence-corrected chi connectivity index (χ2v) is 3.67. The molecule has 2 heteroatoms. The van der Waals surface area contributed by atoms with Crippen molar-refractivity contribution in [1.82, 2.24) is 0 Å². The summed E-state index contributed by atoms with van der Waals surface area (Å²) in [7, 11) is 1.70. The maximum atomic E-state index is 5.85. The molecular formula is C10H19NO. The minimum Gasteiger partial charge on any atom is -0.379 e. The summed E-state index contributed by atoms with van der Waals surface area (Å²) < 4.78 is 5.26. The second kappa shape index (κ2) is 5.18. The fourth-order valence-corrected chi connectivity index (χ4v) is 1.09. The van der Waals surface area contributed by atoms with Gasteiger partial charge in [0.15, 0.2) is 0 Å². The molecule has 0 aliphatic heterocycles. The zero-order chi connectivity index (χ0) is 9.61. The summed E-state index contributed by atoms with van der Waals surface area (Å²) in [4.78, 5) is 0. The highest BCUT2D eigenvalue weighted by Gasteiger charge is 2.19. The van der Waals surface area contributed by atoms with Gasteiger partial charge < -0.3 is 10.5 Å². The van der Waals surface area contributed by atoms with Gasteiger partial charge >= 0.3 is 0 Å². The first-order valence-electron chi connectivity index (χ1n) is 4.26. The van der Waals surface area contributed by atoms with Crippen LogP contribution in [-0.4, -0.2) is 18.8 Å². The van der Waals surface area contributed by atoms with Crippen LogP contribution >= 0.6 is 0 Å². The van der Waals surface area contributed by atoms with Crippen LogP contribution in [0, 0.1) is 12.3 Å². The molecule has 0 spiro atoms. The van der Waals surface area contributed by atoms with Gasteiger partial charge in [-0.05, 0) is 26.7 Å². The number of rotatable bonds is 5. The van der Waals surface area contributed by atoms with Crippen LogP contribution in [0.2, 0.25) is 0 Å². The highest BCUT2D eigenvalue weighted by atomic mass is 16.5. The Kier molecular flexibility index (Phi) is 4.96. The molecule has 0 aliphatic carbocycles. The summed E-state index contributed by atoms with van der Waals surface area (Å²) in [5.74, 6) is 2.58. The molecular weight excluding hydrogens is 150 g/mol. The molecule has 0 aliphatic rings. The lowest BCUT2D eigenvalue weighted by Crippen LogP contribution is -2.33. The highest BCUT2D eigenvalue weighted by Crippen LogP contribution is 2.16. The van der Waals surface area contributed by atoms with Crippen LogP contribution in [-0.2, 0) is 4.74 Å². The third-order valence-electron chi connectivity index (χ3n) is 1.97. The van der Waals surface area contributed by atoms with Gasteiger partial charge in [-0.15, -0.1) is 12.3 Å². The summed E-state index contributed by atoms with van der Waals surface area (Å²) in [6, 6.07) is 0.149. The molecule has 0 saturated heterocycles. The van der Waals surface area contributed by atoms with Crippen LogP contribution in [0.4, 0.5) is 0 Å². The quantitative estimate of drug-likeness (QED) is 0.634. The molecule has 1 unspecified atom stereocenters. The molecule has 0 aromatic heterocycles. The van der Waals surface area contributed by atoms with Gasteiger partial charge in [-0.2, -0.15) is 0 Å². The van der Waals surface area contributed by atoms with E-state index in [-0.39, 0.29) is 11.6 Å². The van der Waals surface area contributed by atoms with Gasteiger partial charge in [-0.25, -0.2) is 0 Å². The number of hydrogen-bond acceptors (Lipinski definition) is 2. The van der Waals surface area contributed by atoms with Crippen molar-refractivity contribution in [1.29, 1.82) is 0 Å². The molecule has 0 amide bonds. The normalized spacial score (nSPS) is 13.9.